The van der Waals surface area contributed by atoms with Crippen molar-refractivity contribution in [2.75, 3.05) is 32.7 Å². The van der Waals surface area contributed by atoms with Crippen molar-refractivity contribution in [2.45, 2.75) is 57.0 Å². The molecule has 0 aromatic rings. The Morgan fingerprint density at radius 3 is 2.63 bits per heavy atom. The van der Waals surface area contributed by atoms with E-state index in [1.165, 1.54) is 45.2 Å². The van der Waals surface area contributed by atoms with Crippen molar-refractivity contribution < 1.29 is 4.79 Å². The van der Waals surface area contributed by atoms with Gasteiger partial charge >= 0.3 is 0 Å². The maximum Gasteiger partial charge on any atom is 0.242 e. The topological polar surface area (TPSA) is 35.6 Å². The van der Waals surface area contributed by atoms with Gasteiger partial charge in [0.25, 0.3) is 0 Å². The van der Waals surface area contributed by atoms with Gasteiger partial charge in [0, 0.05) is 19.1 Å². The first-order valence-corrected chi connectivity index (χ1v) is 7.97. The first-order valence-electron chi connectivity index (χ1n) is 7.97. The lowest BCUT2D eigenvalue weighted by Gasteiger charge is -2.37. The highest BCUT2D eigenvalue weighted by Crippen LogP contribution is 2.26. The van der Waals surface area contributed by atoms with Gasteiger partial charge in [0.15, 0.2) is 0 Å². The molecular weight excluding hydrogens is 238 g/mol. The monoisotopic (exact) mass is 265 g/mol. The molecule has 0 spiro atoms. The molecule has 3 aliphatic rings. The van der Waals surface area contributed by atoms with Gasteiger partial charge in [-0.15, -0.1) is 0 Å². The predicted octanol–water partition coefficient (Wildman–Crippen LogP) is 1.22. The summed E-state index contributed by atoms with van der Waals surface area (Å²) in [7, 11) is 0. The van der Waals surface area contributed by atoms with Crippen LogP contribution >= 0.6 is 0 Å². The van der Waals surface area contributed by atoms with Crippen LogP contribution in [0.4, 0.5) is 0 Å². The molecule has 2 unspecified atom stereocenters. The van der Waals surface area contributed by atoms with E-state index in [-0.39, 0.29) is 5.54 Å². The molecule has 2 atom stereocenters. The Balaban J connectivity index is 1.59. The summed E-state index contributed by atoms with van der Waals surface area (Å²) in [5.74, 6) is 0.342. The van der Waals surface area contributed by atoms with Gasteiger partial charge in [-0.1, -0.05) is 0 Å². The van der Waals surface area contributed by atoms with E-state index < -0.39 is 0 Å². The fourth-order valence-corrected chi connectivity index (χ4v) is 3.92. The summed E-state index contributed by atoms with van der Waals surface area (Å²) in [6.07, 6.45) is 7.23. The Kier molecular flexibility index (Phi) is 3.81. The average molecular weight is 265 g/mol. The Morgan fingerprint density at radius 1 is 1.16 bits per heavy atom. The number of likely N-dealkylation sites (tertiary alicyclic amines) is 2. The standard InChI is InChI=1S/C15H27N3O/c1-15(7-2-3-8-16-15)14(19)18-11-6-13(12-18)17-9-4-5-10-17/h13,16H,2-12H2,1H3. The van der Waals surface area contributed by atoms with Crippen molar-refractivity contribution in [1.29, 1.82) is 0 Å². The lowest BCUT2D eigenvalue weighted by molar-refractivity contribution is -0.137. The van der Waals surface area contributed by atoms with Crippen LogP contribution in [0.25, 0.3) is 0 Å². The average Bonchev–Trinajstić information content (AvgIpc) is 3.09. The number of amides is 1. The second-order valence-corrected chi connectivity index (χ2v) is 6.65. The quantitative estimate of drug-likeness (QED) is 0.815. The smallest absolute Gasteiger partial charge is 0.242 e. The van der Waals surface area contributed by atoms with Crippen molar-refractivity contribution in [3.8, 4) is 0 Å². The number of hydrogen-bond donors (Lipinski definition) is 1. The summed E-state index contributed by atoms with van der Waals surface area (Å²) >= 11 is 0. The third kappa shape index (κ3) is 2.65. The van der Waals surface area contributed by atoms with Crippen LogP contribution in [0.1, 0.15) is 45.4 Å². The Hall–Kier alpha value is -0.610. The van der Waals surface area contributed by atoms with Crippen LogP contribution in [0.15, 0.2) is 0 Å². The highest BCUT2D eigenvalue weighted by Gasteiger charge is 2.40. The second kappa shape index (κ2) is 5.41. The maximum absolute atomic E-state index is 12.7. The molecule has 108 valence electrons. The van der Waals surface area contributed by atoms with E-state index in [4.69, 9.17) is 0 Å². The predicted molar refractivity (Wildman–Crippen MR) is 76.1 cm³/mol. The molecule has 0 radical (unpaired) electrons. The summed E-state index contributed by atoms with van der Waals surface area (Å²) in [6.45, 7) is 7.47. The lowest BCUT2D eigenvalue weighted by Crippen LogP contribution is -2.57. The molecular formula is C15H27N3O. The number of nitrogens with zero attached hydrogens (tertiary/aromatic N) is 2. The van der Waals surface area contributed by atoms with Crippen LogP contribution in [-0.4, -0.2) is 60.0 Å². The number of rotatable bonds is 2. The third-order valence-electron chi connectivity index (χ3n) is 5.20. The van der Waals surface area contributed by atoms with Gasteiger partial charge in [0.05, 0.1) is 5.54 Å². The van der Waals surface area contributed by atoms with Gasteiger partial charge in [-0.3, -0.25) is 9.69 Å². The minimum absolute atomic E-state index is 0.294. The zero-order valence-corrected chi connectivity index (χ0v) is 12.2. The zero-order valence-electron chi connectivity index (χ0n) is 12.2. The number of nitrogens with one attached hydrogen (secondary N) is 1. The van der Waals surface area contributed by atoms with E-state index >= 15 is 0 Å². The molecule has 0 saturated carbocycles. The van der Waals surface area contributed by atoms with Crippen LogP contribution in [0.2, 0.25) is 0 Å². The molecule has 4 nitrogen and oxygen atoms in total. The summed E-state index contributed by atoms with van der Waals surface area (Å²) in [6, 6.07) is 0.624. The summed E-state index contributed by atoms with van der Waals surface area (Å²) < 4.78 is 0. The summed E-state index contributed by atoms with van der Waals surface area (Å²) in [5, 5.41) is 3.45. The molecule has 19 heavy (non-hydrogen) atoms. The Morgan fingerprint density at radius 2 is 1.95 bits per heavy atom. The number of carbonyl (C=O) groups excluding carboxylic acids is 1. The molecule has 3 rings (SSSR count). The molecule has 3 saturated heterocycles. The van der Waals surface area contributed by atoms with Crippen molar-refractivity contribution in [2.24, 2.45) is 0 Å². The van der Waals surface area contributed by atoms with Gasteiger partial charge in [-0.25, -0.2) is 0 Å². The summed E-state index contributed by atoms with van der Waals surface area (Å²) in [5.41, 5.74) is -0.294. The normalized spacial score (nSPS) is 36.9. The van der Waals surface area contributed by atoms with E-state index in [0.717, 1.165) is 26.1 Å². The molecule has 0 aromatic heterocycles. The van der Waals surface area contributed by atoms with Gasteiger partial charge in [-0.2, -0.15) is 0 Å². The van der Waals surface area contributed by atoms with Gasteiger partial charge < -0.3 is 10.2 Å². The van der Waals surface area contributed by atoms with Gasteiger partial charge in [0.2, 0.25) is 5.91 Å². The fourth-order valence-electron chi connectivity index (χ4n) is 3.92. The SMILES string of the molecule is CC1(C(=O)N2CCC(N3CCCC3)C2)CCCCN1. The first-order chi connectivity index (χ1) is 9.19. The van der Waals surface area contributed by atoms with E-state index in [0.29, 0.717) is 11.9 Å². The van der Waals surface area contributed by atoms with E-state index in [9.17, 15) is 4.79 Å². The molecule has 4 heteroatoms. The van der Waals surface area contributed by atoms with Gasteiger partial charge in [0.1, 0.15) is 0 Å². The van der Waals surface area contributed by atoms with Crippen molar-refractivity contribution in [3.63, 3.8) is 0 Å². The zero-order chi connectivity index (χ0) is 13.3. The summed E-state index contributed by atoms with van der Waals surface area (Å²) in [4.78, 5) is 17.4. The molecule has 3 heterocycles. The molecule has 0 aromatic carbocycles. The minimum atomic E-state index is -0.294. The highest BCUT2D eigenvalue weighted by molar-refractivity contribution is 5.86. The molecule has 1 N–H and O–H groups in total. The largest absolute Gasteiger partial charge is 0.339 e. The second-order valence-electron chi connectivity index (χ2n) is 6.65. The molecule has 0 bridgehead atoms. The lowest BCUT2D eigenvalue weighted by atomic mass is 9.89. The van der Waals surface area contributed by atoms with Crippen LogP contribution in [-0.2, 0) is 4.79 Å². The molecule has 1 amide bonds. The molecule has 3 aliphatic heterocycles. The minimum Gasteiger partial charge on any atom is -0.339 e. The van der Waals surface area contributed by atoms with Crippen molar-refractivity contribution in [3.05, 3.63) is 0 Å². The van der Waals surface area contributed by atoms with E-state index in [1.807, 2.05) is 0 Å². The van der Waals surface area contributed by atoms with E-state index in [1.54, 1.807) is 0 Å². The molecule has 0 aliphatic carbocycles. The maximum atomic E-state index is 12.7. The van der Waals surface area contributed by atoms with Crippen molar-refractivity contribution >= 4 is 5.91 Å². The third-order valence-corrected chi connectivity index (χ3v) is 5.20. The fraction of sp³-hybridized carbons (Fsp3) is 0.933. The van der Waals surface area contributed by atoms with Crippen molar-refractivity contribution in [1.82, 2.24) is 15.1 Å². The Labute approximate surface area is 116 Å². The van der Waals surface area contributed by atoms with Crippen LogP contribution in [0.3, 0.4) is 0 Å². The van der Waals surface area contributed by atoms with Gasteiger partial charge in [-0.05, 0) is 65.1 Å². The van der Waals surface area contributed by atoms with Crippen LogP contribution in [0, 0.1) is 0 Å². The van der Waals surface area contributed by atoms with E-state index in [2.05, 4.69) is 22.0 Å². The van der Waals surface area contributed by atoms with Crippen LogP contribution < -0.4 is 5.32 Å². The molecule has 3 fully saturated rings. The number of hydrogen-bond acceptors (Lipinski definition) is 3. The Bertz CT molecular complexity index is 332. The number of carbonyl (C=O) groups is 1. The first kappa shape index (κ1) is 13.4. The highest BCUT2D eigenvalue weighted by atomic mass is 16.2. The number of piperidine rings is 1. The van der Waals surface area contributed by atoms with Crippen LogP contribution in [0.5, 0.6) is 0 Å².